The van der Waals surface area contributed by atoms with Gasteiger partial charge in [-0.3, -0.25) is 9.59 Å². The smallest absolute Gasteiger partial charge is 0.263 e. The van der Waals surface area contributed by atoms with Crippen molar-refractivity contribution >= 4 is 46.6 Å². The van der Waals surface area contributed by atoms with Crippen LogP contribution in [-0.2, 0) is 4.79 Å². The molecule has 6 nitrogen and oxygen atoms in total. The number of anilines is 2. The van der Waals surface area contributed by atoms with E-state index in [2.05, 4.69) is 10.6 Å². The molecule has 0 saturated heterocycles. The monoisotopic (exact) mass is 470 g/mol. The Balaban J connectivity index is 1.70. The van der Waals surface area contributed by atoms with E-state index in [1.807, 2.05) is 31.2 Å². The lowest BCUT2D eigenvalue weighted by Crippen LogP contribution is -2.22. The number of hydrogen-bond donors (Lipinski definition) is 2. The van der Waals surface area contributed by atoms with Gasteiger partial charge in [-0.25, -0.2) is 0 Å². The molecule has 0 aliphatic rings. The molecule has 3 aromatic rings. The van der Waals surface area contributed by atoms with Crippen molar-refractivity contribution in [2.24, 2.45) is 0 Å². The number of ether oxygens (including phenoxy) is 2. The third-order valence-electron chi connectivity index (χ3n) is 4.56. The lowest BCUT2D eigenvalue weighted by molar-refractivity contribution is -0.115. The summed E-state index contributed by atoms with van der Waals surface area (Å²) in [6, 6.07) is 19.5. The zero-order valence-corrected chi connectivity index (χ0v) is 19.4. The molecule has 166 valence electrons. The number of benzene rings is 3. The van der Waals surface area contributed by atoms with E-state index in [1.165, 1.54) is 26.0 Å². The number of halogens is 1. The van der Waals surface area contributed by atoms with Gasteiger partial charge in [-0.05, 0) is 49.4 Å². The van der Waals surface area contributed by atoms with Crippen LogP contribution in [0.5, 0.6) is 11.5 Å². The van der Waals surface area contributed by atoms with E-state index in [9.17, 15) is 9.59 Å². The lowest BCUT2D eigenvalue weighted by Gasteiger charge is -2.15. The van der Waals surface area contributed by atoms with Crippen LogP contribution >= 0.6 is 23.4 Å². The largest absolute Gasteiger partial charge is 0.496 e. The summed E-state index contributed by atoms with van der Waals surface area (Å²) in [4.78, 5) is 26.3. The molecule has 32 heavy (non-hydrogen) atoms. The van der Waals surface area contributed by atoms with Crippen molar-refractivity contribution in [1.82, 2.24) is 0 Å². The van der Waals surface area contributed by atoms with Gasteiger partial charge in [0.15, 0.2) is 0 Å². The van der Waals surface area contributed by atoms with Gasteiger partial charge in [0.05, 0.1) is 30.2 Å². The maximum atomic E-state index is 12.9. The van der Waals surface area contributed by atoms with Crippen LogP contribution in [0.25, 0.3) is 0 Å². The Morgan fingerprint density at radius 3 is 2.22 bits per heavy atom. The van der Waals surface area contributed by atoms with Crippen molar-refractivity contribution in [3.05, 3.63) is 77.3 Å². The van der Waals surface area contributed by atoms with Crippen molar-refractivity contribution in [1.29, 1.82) is 0 Å². The van der Waals surface area contributed by atoms with Crippen LogP contribution in [-0.4, -0.2) is 31.3 Å². The van der Waals surface area contributed by atoms with Crippen LogP contribution in [0.2, 0.25) is 5.02 Å². The van der Waals surface area contributed by atoms with Crippen molar-refractivity contribution in [3.8, 4) is 11.5 Å². The third-order valence-corrected chi connectivity index (χ3v) is 5.98. The highest BCUT2D eigenvalue weighted by atomic mass is 35.5. The number of thioether (sulfide) groups is 1. The van der Waals surface area contributed by atoms with E-state index < -0.39 is 0 Å². The van der Waals surface area contributed by atoms with Gasteiger partial charge in [0.1, 0.15) is 17.1 Å². The van der Waals surface area contributed by atoms with Crippen LogP contribution in [0.1, 0.15) is 17.3 Å². The molecule has 0 heterocycles. The highest BCUT2D eigenvalue weighted by Crippen LogP contribution is 2.31. The van der Waals surface area contributed by atoms with Crippen molar-refractivity contribution in [2.75, 3.05) is 24.9 Å². The average Bonchev–Trinajstić information content (AvgIpc) is 2.80. The molecule has 0 aromatic heterocycles. The molecule has 1 atom stereocenters. The van der Waals surface area contributed by atoms with Crippen LogP contribution in [0.3, 0.4) is 0 Å². The molecule has 0 bridgehead atoms. The SMILES string of the molecule is COc1cccc(OC)c1C(=O)Nc1cccc(SC(C)C(=O)Nc2ccccc2Cl)c1. The highest BCUT2D eigenvalue weighted by Gasteiger charge is 2.19. The molecule has 0 spiro atoms. The zero-order valence-electron chi connectivity index (χ0n) is 17.8. The molecule has 3 aromatic carbocycles. The maximum Gasteiger partial charge on any atom is 0.263 e. The minimum absolute atomic E-state index is 0.170. The Bertz CT molecular complexity index is 1100. The molecule has 8 heteroatoms. The Kier molecular flexibility index (Phi) is 8.03. The first-order chi connectivity index (χ1) is 15.4. The Morgan fingerprint density at radius 1 is 0.906 bits per heavy atom. The molecular formula is C24H23ClN2O4S. The van der Waals surface area contributed by atoms with Gasteiger partial charge in [0.25, 0.3) is 5.91 Å². The van der Waals surface area contributed by atoms with E-state index in [1.54, 1.807) is 42.5 Å². The Hall–Kier alpha value is -3.16. The summed E-state index contributed by atoms with van der Waals surface area (Å²) < 4.78 is 10.6. The van der Waals surface area contributed by atoms with Crippen LogP contribution in [0, 0.1) is 0 Å². The molecule has 3 rings (SSSR count). The number of carbonyl (C=O) groups excluding carboxylic acids is 2. The highest BCUT2D eigenvalue weighted by molar-refractivity contribution is 8.00. The fraction of sp³-hybridized carbons (Fsp3) is 0.167. The molecular weight excluding hydrogens is 448 g/mol. The van der Waals surface area contributed by atoms with E-state index in [0.29, 0.717) is 33.5 Å². The molecule has 2 N–H and O–H groups in total. The van der Waals surface area contributed by atoms with E-state index >= 15 is 0 Å². The third kappa shape index (κ3) is 5.75. The van der Waals surface area contributed by atoms with Crippen LogP contribution < -0.4 is 20.1 Å². The first-order valence-corrected chi connectivity index (χ1v) is 11.0. The van der Waals surface area contributed by atoms with Crippen molar-refractivity contribution in [3.63, 3.8) is 0 Å². The molecule has 0 aliphatic heterocycles. The second-order valence-electron chi connectivity index (χ2n) is 6.75. The van der Waals surface area contributed by atoms with Crippen LogP contribution in [0.15, 0.2) is 71.6 Å². The zero-order chi connectivity index (χ0) is 23.1. The first-order valence-electron chi connectivity index (χ1n) is 9.77. The maximum absolute atomic E-state index is 12.9. The number of para-hydroxylation sites is 1. The number of rotatable bonds is 8. The second-order valence-corrected chi connectivity index (χ2v) is 8.57. The second kappa shape index (κ2) is 10.9. The summed E-state index contributed by atoms with van der Waals surface area (Å²) in [6.07, 6.45) is 0. The summed E-state index contributed by atoms with van der Waals surface area (Å²) in [5.74, 6) is 0.303. The summed E-state index contributed by atoms with van der Waals surface area (Å²) in [7, 11) is 3.00. The van der Waals surface area contributed by atoms with Gasteiger partial charge in [-0.2, -0.15) is 0 Å². The quantitative estimate of drug-likeness (QED) is 0.411. The summed E-state index contributed by atoms with van der Waals surface area (Å²) in [5, 5.41) is 5.80. The fourth-order valence-corrected chi connectivity index (χ4v) is 4.08. The van der Waals surface area contributed by atoms with Crippen LogP contribution in [0.4, 0.5) is 11.4 Å². The van der Waals surface area contributed by atoms with Gasteiger partial charge in [-0.1, -0.05) is 35.9 Å². The average molecular weight is 471 g/mol. The predicted octanol–water partition coefficient (Wildman–Crippen LogP) is 5.73. The summed E-state index contributed by atoms with van der Waals surface area (Å²) in [5.41, 5.74) is 1.47. The topological polar surface area (TPSA) is 76.7 Å². The lowest BCUT2D eigenvalue weighted by atomic mass is 10.1. The minimum Gasteiger partial charge on any atom is -0.496 e. The Labute approximate surface area is 196 Å². The normalized spacial score (nSPS) is 11.4. The van der Waals surface area contributed by atoms with Gasteiger partial charge in [0.2, 0.25) is 5.91 Å². The van der Waals surface area contributed by atoms with E-state index in [4.69, 9.17) is 21.1 Å². The van der Waals surface area contributed by atoms with Gasteiger partial charge < -0.3 is 20.1 Å². The molecule has 0 aliphatic carbocycles. The van der Waals surface area contributed by atoms with Crippen molar-refractivity contribution < 1.29 is 19.1 Å². The standard InChI is InChI=1S/C24H23ClN2O4S/c1-15(23(28)27-19-11-5-4-10-18(19)25)32-17-9-6-8-16(14-17)26-24(29)22-20(30-2)12-7-13-21(22)31-3/h4-15H,1-3H3,(H,26,29)(H,27,28). The molecule has 1 unspecified atom stereocenters. The van der Waals surface area contributed by atoms with Gasteiger partial charge in [-0.15, -0.1) is 11.8 Å². The van der Waals surface area contributed by atoms with Gasteiger partial charge in [0, 0.05) is 10.6 Å². The number of carbonyl (C=O) groups is 2. The predicted molar refractivity (Wildman–Crippen MR) is 129 cm³/mol. The molecule has 0 saturated carbocycles. The first kappa shape index (κ1) is 23.5. The van der Waals surface area contributed by atoms with E-state index in [-0.39, 0.29) is 17.1 Å². The summed E-state index contributed by atoms with van der Waals surface area (Å²) in [6.45, 7) is 1.81. The van der Waals surface area contributed by atoms with Gasteiger partial charge >= 0.3 is 0 Å². The summed E-state index contributed by atoms with van der Waals surface area (Å²) >= 11 is 7.49. The number of amides is 2. The molecule has 0 radical (unpaired) electrons. The van der Waals surface area contributed by atoms with E-state index in [0.717, 1.165) is 4.90 Å². The Morgan fingerprint density at radius 2 is 1.56 bits per heavy atom. The number of hydrogen-bond acceptors (Lipinski definition) is 5. The number of methoxy groups -OCH3 is 2. The molecule has 2 amide bonds. The number of nitrogens with one attached hydrogen (secondary N) is 2. The fourth-order valence-electron chi connectivity index (χ4n) is 2.97. The minimum atomic E-state index is -0.383. The molecule has 0 fully saturated rings. The van der Waals surface area contributed by atoms with Crippen molar-refractivity contribution in [2.45, 2.75) is 17.1 Å².